The van der Waals surface area contributed by atoms with E-state index in [1.165, 1.54) is 0 Å². The van der Waals surface area contributed by atoms with Gasteiger partial charge in [0, 0.05) is 33.7 Å². The highest BCUT2D eigenvalue weighted by Gasteiger charge is 1.99. The van der Waals surface area contributed by atoms with Crippen molar-refractivity contribution in [1.29, 1.82) is 0 Å². The molecule has 0 saturated heterocycles. The van der Waals surface area contributed by atoms with Gasteiger partial charge in [-0.25, -0.2) is 0 Å². The van der Waals surface area contributed by atoms with Crippen LogP contribution in [0.15, 0.2) is 0 Å². The van der Waals surface area contributed by atoms with Crippen LogP contribution in [0.1, 0.15) is 41.5 Å². The molecule has 0 aliphatic rings. The van der Waals surface area contributed by atoms with Gasteiger partial charge in [-0.2, -0.15) is 0 Å². The molecule has 0 spiro atoms. The summed E-state index contributed by atoms with van der Waals surface area (Å²) in [6, 6.07) is 0. The van der Waals surface area contributed by atoms with Crippen molar-refractivity contribution in [2.45, 2.75) is 133 Å². The van der Waals surface area contributed by atoms with E-state index < -0.39 is 16.1 Å². The van der Waals surface area contributed by atoms with Gasteiger partial charge in [0.2, 0.25) is 0 Å². The van der Waals surface area contributed by atoms with Crippen molar-refractivity contribution in [3.63, 3.8) is 0 Å². The van der Waals surface area contributed by atoms with Crippen LogP contribution in [-0.2, 0) is 0 Å². The Labute approximate surface area is 230 Å². The Balaban J connectivity index is -0.0000000380. The minimum atomic E-state index is -0.611. The van der Waals surface area contributed by atoms with Crippen LogP contribution in [0.2, 0.25) is 91.7 Å². The fourth-order valence-electron chi connectivity index (χ4n) is 0. The molecule has 0 amide bonds. The van der Waals surface area contributed by atoms with Crippen molar-refractivity contribution in [3.8, 4) is 0 Å². The van der Waals surface area contributed by atoms with Crippen LogP contribution in [0, 0.1) is 11.8 Å². The van der Waals surface area contributed by atoms with Gasteiger partial charge in [-0.05, 0) is 54.1 Å². The molecule has 0 rings (SSSR count). The summed E-state index contributed by atoms with van der Waals surface area (Å²) in [5.74, 6) is 1.67. The smallest absolute Gasteiger partial charge is 0.0411 e. The summed E-state index contributed by atoms with van der Waals surface area (Å²) in [6.07, 6.45) is 0. The standard InChI is InChI=1S/2C4H12Si.2C4H10.2C3H9N.2C3H10Si/c2*1-5(2,3)4;6*1-4(2)3/h2*1-4H3;2*4H,1-3H3;2*1-3H3;2*4H,1-3H3. The molecular weight excluding hydrogens is 477 g/mol. The first-order valence-corrected chi connectivity index (χ1v) is 28.5. The topological polar surface area (TPSA) is 6.48 Å². The monoisotopic (exact) mass is 559 g/mol. The lowest BCUT2D eigenvalue weighted by molar-refractivity contribution is 0.505. The van der Waals surface area contributed by atoms with Crippen LogP contribution in [0.4, 0.5) is 0 Å². The molecule has 2 nitrogen and oxygen atoms in total. The van der Waals surface area contributed by atoms with Crippen LogP contribution in [0.3, 0.4) is 0 Å². The minimum absolute atomic E-state index is 0.139. The Morgan fingerprint density at radius 2 is 0.382 bits per heavy atom. The largest absolute Gasteiger partial charge is 0.312 e. The molecule has 0 unspecified atom stereocenters. The first-order valence-electron chi connectivity index (χ1n) is 13.6. The third-order valence-electron chi connectivity index (χ3n) is 0. The molecular formula is C28H82N2Si4. The van der Waals surface area contributed by atoms with E-state index in [0.29, 0.717) is 0 Å². The molecule has 0 fully saturated rings. The third-order valence-corrected chi connectivity index (χ3v) is 0. The SMILES string of the molecule is CC(C)C.CC(C)C.CN(C)C.CN(C)C.C[SiH](C)C.C[SiH](C)C.C[Si](C)(C)C.C[Si](C)(C)C. The van der Waals surface area contributed by atoms with Gasteiger partial charge in [0.15, 0.2) is 0 Å². The lowest BCUT2D eigenvalue weighted by Crippen LogP contribution is -2.10. The van der Waals surface area contributed by atoms with Gasteiger partial charge in [0.05, 0.1) is 0 Å². The van der Waals surface area contributed by atoms with Gasteiger partial charge in [-0.1, -0.05) is 133 Å². The maximum atomic E-state index is 2.33. The van der Waals surface area contributed by atoms with Crippen LogP contribution in [0.25, 0.3) is 0 Å². The Bertz CT molecular complexity index is 205. The van der Waals surface area contributed by atoms with E-state index in [-0.39, 0.29) is 17.6 Å². The van der Waals surface area contributed by atoms with Crippen molar-refractivity contribution < 1.29 is 0 Å². The van der Waals surface area contributed by atoms with E-state index in [1.807, 2.05) is 52.1 Å². The molecule has 34 heavy (non-hydrogen) atoms. The maximum absolute atomic E-state index is 2.33. The molecule has 0 N–H and O–H groups in total. The Hall–Kier alpha value is 0.788. The Kier molecular flexibility index (Phi) is 62.4. The molecule has 0 radical (unpaired) electrons. The van der Waals surface area contributed by atoms with Crippen LogP contribution in [-0.4, -0.2) is 85.8 Å². The number of nitrogens with zero attached hydrogens (tertiary/aromatic N) is 2. The molecule has 0 aromatic carbocycles. The zero-order valence-electron chi connectivity index (χ0n) is 30.2. The predicted molar refractivity (Wildman–Crippen MR) is 188 cm³/mol. The van der Waals surface area contributed by atoms with E-state index in [9.17, 15) is 0 Å². The van der Waals surface area contributed by atoms with Crippen molar-refractivity contribution in [3.05, 3.63) is 0 Å². The van der Waals surface area contributed by atoms with E-state index in [4.69, 9.17) is 0 Å². The lowest BCUT2D eigenvalue weighted by Gasteiger charge is -2.01. The van der Waals surface area contributed by atoms with Gasteiger partial charge in [0.1, 0.15) is 0 Å². The van der Waals surface area contributed by atoms with Crippen LogP contribution >= 0.6 is 0 Å². The second kappa shape index (κ2) is 38.3. The molecule has 6 heteroatoms. The number of hydrogen-bond acceptors (Lipinski definition) is 2. The lowest BCUT2D eigenvalue weighted by atomic mass is 10.3. The summed E-state index contributed by atoms with van der Waals surface area (Å²) >= 11 is 0. The van der Waals surface area contributed by atoms with Crippen LogP contribution < -0.4 is 0 Å². The first kappa shape index (κ1) is 55.3. The third kappa shape index (κ3) is 53400. The average Bonchev–Trinajstić information content (AvgIpc) is 2.27. The fraction of sp³-hybridized carbons (Fsp3) is 1.00. The zero-order chi connectivity index (χ0) is 30.5. The summed E-state index contributed by atoms with van der Waals surface area (Å²) in [5, 5.41) is 0. The molecule has 0 heterocycles. The fourth-order valence-corrected chi connectivity index (χ4v) is 0. The number of rotatable bonds is 0. The predicted octanol–water partition coefficient (Wildman–Crippen LogP) is 9.79. The summed E-state index contributed by atoms with van der Waals surface area (Å²) in [5.41, 5.74) is 0. The Morgan fingerprint density at radius 1 is 0.382 bits per heavy atom. The van der Waals surface area contributed by atoms with E-state index in [1.54, 1.807) is 0 Å². The molecule has 0 atom stereocenters. The second-order valence-corrected chi connectivity index (χ2v) is 34.5. The average molecular weight is 559 g/mol. The van der Waals surface area contributed by atoms with E-state index in [0.717, 1.165) is 11.8 Å². The zero-order valence-corrected chi connectivity index (χ0v) is 34.5. The van der Waals surface area contributed by atoms with E-state index in [2.05, 4.69) is 133 Å². The quantitative estimate of drug-likeness (QED) is 0.273. The Morgan fingerprint density at radius 3 is 0.382 bits per heavy atom. The molecule has 220 valence electrons. The highest BCUT2D eigenvalue weighted by molar-refractivity contribution is 6.75. The molecule has 0 aliphatic heterocycles. The van der Waals surface area contributed by atoms with Gasteiger partial charge < -0.3 is 9.80 Å². The highest BCUT2D eigenvalue weighted by atomic mass is 28.3. The first-order chi connectivity index (χ1) is 14.4. The molecule has 0 saturated carbocycles. The summed E-state index contributed by atoms with van der Waals surface area (Å²) in [7, 11) is 10.5. The summed E-state index contributed by atoms with van der Waals surface area (Å²) in [6.45, 7) is 45.4. The minimum Gasteiger partial charge on any atom is -0.312 e. The van der Waals surface area contributed by atoms with Crippen LogP contribution in [0.5, 0.6) is 0 Å². The van der Waals surface area contributed by atoms with Crippen molar-refractivity contribution in [2.24, 2.45) is 11.8 Å². The van der Waals surface area contributed by atoms with Gasteiger partial charge in [0.25, 0.3) is 0 Å². The molecule has 0 bridgehead atoms. The van der Waals surface area contributed by atoms with Crippen molar-refractivity contribution >= 4 is 33.7 Å². The highest BCUT2D eigenvalue weighted by Crippen LogP contribution is 1.95. The molecule has 0 aromatic rings. The maximum Gasteiger partial charge on any atom is 0.0411 e. The van der Waals surface area contributed by atoms with Crippen molar-refractivity contribution in [2.75, 3.05) is 42.3 Å². The van der Waals surface area contributed by atoms with Gasteiger partial charge >= 0.3 is 0 Å². The van der Waals surface area contributed by atoms with Gasteiger partial charge in [-0.3, -0.25) is 0 Å². The van der Waals surface area contributed by atoms with Gasteiger partial charge in [-0.15, -0.1) is 0 Å². The summed E-state index contributed by atoms with van der Waals surface area (Å²) < 4.78 is 0. The molecule has 0 aromatic heterocycles. The summed E-state index contributed by atoms with van der Waals surface area (Å²) in [4.78, 5) is 4.00. The van der Waals surface area contributed by atoms with E-state index >= 15 is 0 Å². The van der Waals surface area contributed by atoms with Crippen molar-refractivity contribution in [1.82, 2.24) is 9.80 Å². The number of hydrogen-bond donors (Lipinski definition) is 0. The normalized spacial score (nSPS) is 9.88. The molecule has 0 aliphatic carbocycles. The second-order valence-electron chi connectivity index (χ2n) is 15.6.